The highest BCUT2D eigenvalue weighted by molar-refractivity contribution is 5.99. The van der Waals surface area contributed by atoms with E-state index < -0.39 is 0 Å². The van der Waals surface area contributed by atoms with Gasteiger partial charge in [-0.2, -0.15) is 0 Å². The third-order valence-electron chi connectivity index (χ3n) is 2.93. The second-order valence-electron chi connectivity index (χ2n) is 4.31. The number of carbonyl (C=O) groups is 1. The quantitative estimate of drug-likeness (QED) is 0.720. The Bertz CT molecular complexity index is 392. The molecular formula is C12H17N3O. The number of nitrogens with two attached hydrogens (primary N) is 1. The Hall–Kier alpha value is -1.55. The molecule has 0 aliphatic carbocycles. The van der Waals surface area contributed by atoms with Gasteiger partial charge in [0.05, 0.1) is 5.56 Å². The molecule has 86 valence electrons. The summed E-state index contributed by atoms with van der Waals surface area (Å²) in [6.45, 7) is 1.95. The van der Waals surface area contributed by atoms with Crippen LogP contribution < -0.4 is 11.1 Å². The van der Waals surface area contributed by atoms with E-state index in [0.29, 0.717) is 11.3 Å². The highest BCUT2D eigenvalue weighted by Gasteiger charge is 2.21. The number of likely N-dealkylation sites (tertiary alicyclic amines) is 1. The van der Waals surface area contributed by atoms with E-state index in [9.17, 15) is 4.79 Å². The van der Waals surface area contributed by atoms with Gasteiger partial charge in [-0.1, -0.05) is 12.1 Å². The zero-order chi connectivity index (χ0) is 11.5. The minimum atomic E-state index is -0.0709. The Morgan fingerprint density at radius 1 is 1.50 bits per heavy atom. The minimum absolute atomic E-state index is 0.0709. The number of para-hydroxylation sites is 1. The molecule has 0 radical (unpaired) electrons. The first-order valence-corrected chi connectivity index (χ1v) is 5.50. The molecule has 4 heteroatoms. The summed E-state index contributed by atoms with van der Waals surface area (Å²) in [6.07, 6.45) is 1.01. The molecule has 0 spiro atoms. The number of carbonyl (C=O) groups excluding carboxylic acids is 1. The van der Waals surface area contributed by atoms with E-state index in [-0.39, 0.29) is 11.9 Å². The van der Waals surface area contributed by atoms with Crippen LogP contribution in [0.15, 0.2) is 24.3 Å². The molecule has 2 rings (SSSR count). The van der Waals surface area contributed by atoms with Gasteiger partial charge in [-0.15, -0.1) is 0 Å². The maximum absolute atomic E-state index is 11.9. The summed E-state index contributed by atoms with van der Waals surface area (Å²) in [4.78, 5) is 14.1. The van der Waals surface area contributed by atoms with Crippen LogP contribution in [-0.2, 0) is 0 Å². The second kappa shape index (κ2) is 4.53. The maximum Gasteiger partial charge on any atom is 0.253 e. The number of benzene rings is 1. The molecule has 0 aromatic heterocycles. The van der Waals surface area contributed by atoms with Crippen molar-refractivity contribution in [3.63, 3.8) is 0 Å². The van der Waals surface area contributed by atoms with Gasteiger partial charge in [0.2, 0.25) is 0 Å². The fourth-order valence-electron chi connectivity index (χ4n) is 2.02. The average Bonchev–Trinajstić information content (AvgIpc) is 2.64. The molecular weight excluding hydrogens is 202 g/mol. The summed E-state index contributed by atoms with van der Waals surface area (Å²) in [5.41, 5.74) is 6.85. The number of amides is 1. The van der Waals surface area contributed by atoms with E-state index in [1.54, 1.807) is 12.1 Å². The molecule has 1 unspecified atom stereocenters. The highest BCUT2D eigenvalue weighted by Crippen LogP contribution is 2.12. The van der Waals surface area contributed by atoms with Crippen LogP contribution in [0.4, 0.5) is 5.69 Å². The SMILES string of the molecule is CN1CCC(NC(=O)c2ccccc2N)C1. The van der Waals surface area contributed by atoms with Crippen LogP contribution in [0.3, 0.4) is 0 Å². The number of anilines is 1. The summed E-state index contributed by atoms with van der Waals surface area (Å²) in [5, 5.41) is 3.01. The summed E-state index contributed by atoms with van der Waals surface area (Å²) in [6, 6.07) is 7.40. The lowest BCUT2D eigenvalue weighted by Gasteiger charge is -2.13. The highest BCUT2D eigenvalue weighted by atomic mass is 16.1. The number of nitrogen functional groups attached to an aromatic ring is 1. The van der Waals surface area contributed by atoms with Gasteiger partial charge in [-0.05, 0) is 32.1 Å². The van der Waals surface area contributed by atoms with Crippen LogP contribution in [-0.4, -0.2) is 37.0 Å². The van der Waals surface area contributed by atoms with Crippen molar-refractivity contribution in [3.05, 3.63) is 29.8 Å². The molecule has 1 amide bonds. The molecule has 1 heterocycles. The van der Waals surface area contributed by atoms with Crippen molar-refractivity contribution in [2.45, 2.75) is 12.5 Å². The molecule has 1 aromatic carbocycles. The number of rotatable bonds is 2. The number of hydrogen-bond acceptors (Lipinski definition) is 3. The van der Waals surface area contributed by atoms with Gasteiger partial charge < -0.3 is 16.0 Å². The van der Waals surface area contributed by atoms with Gasteiger partial charge in [-0.25, -0.2) is 0 Å². The molecule has 16 heavy (non-hydrogen) atoms. The van der Waals surface area contributed by atoms with Crippen LogP contribution >= 0.6 is 0 Å². The largest absolute Gasteiger partial charge is 0.398 e. The lowest BCUT2D eigenvalue weighted by Crippen LogP contribution is -2.36. The minimum Gasteiger partial charge on any atom is -0.398 e. The molecule has 1 aliphatic heterocycles. The number of likely N-dealkylation sites (N-methyl/N-ethyl adjacent to an activating group) is 1. The molecule has 1 aliphatic rings. The van der Waals surface area contributed by atoms with Gasteiger partial charge in [0.15, 0.2) is 0 Å². The zero-order valence-corrected chi connectivity index (χ0v) is 9.44. The van der Waals surface area contributed by atoms with E-state index >= 15 is 0 Å². The van der Waals surface area contributed by atoms with Crippen molar-refractivity contribution in [1.29, 1.82) is 0 Å². The molecule has 1 atom stereocenters. The Labute approximate surface area is 95.4 Å². The van der Waals surface area contributed by atoms with Crippen molar-refractivity contribution in [2.24, 2.45) is 0 Å². The lowest BCUT2D eigenvalue weighted by atomic mass is 10.1. The van der Waals surface area contributed by atoms with Crippen LogP contribution in [0.25, 0.3) is 0 Å². The summed E-state index contributed by atoms with van der Waals surface area (Å²) >= 11 is 0. The van der Waals surface area contributed by atoms with Crippen molar-refractivity contribution in [3.8, 4) is 0 Å². The van der Waals surface area contributed by atoms with Gasteiger partial charge in [0.25, 0.3) is 5.91 Å². The fourth-order valence-corrected chi connectivity index (χ4v) is 2.02. The molecule has 3 N–H and O–H groups in total. The Balaban J connectivity index is 2.01. The van der Waals surface area contributed by atoms with Gasteiger partial charge in [0.1, 0.15) is 0 Å². The summed E-state index contributed by atoms with van der Waals surface area (Å²) < 4.78 is 0. The van der Waals surface area contributed by atoms with E-state index in [0.717, 1.165) is 19.5 Å². The van der Waals surface area contributed by atoms with Crippen molar-refractivity contribution in [1.82, 2.24) is 10.2 Å². The maximum atomic E-state index is 11.9. The van der Waals surface area contributed by atoms with Gasteiger partial charge in [-0.3, -0.25) is 4.79 Å². The topological polar surface area (TPSA) is 58.4 Å². The Morgan fingerprint density at radius 3 is 2.88 bits per heavy atom. The number of hydrogen-bond donors (Lipinski definition) is 2. The average molecular weight is 219 g/mol. The predicted molar refractivity (Wildman–Crippen MR) is 64.2 cm³/mol. The van der Waals surface area contributed by atoms with E-state index in [2.05, 4.69) is 17.3 Å². The molecule has 0 saturated carbocycles. The first-order chi connectivity index (χ1) is 7.66. The summed E-state index contributed by atoms with van der Waals surface area (Å²) in [7, 11) is 2.06. The molecule has 1 fully saturated rings. The van der Waals surface area contributed by atoms with Crippen LogP contribution in [0, 0.1) is 0 Å². The molecule has 4 nitrogen and oxygen atoms in total. The molecule has 1 aromatic rings. The normalized spacial score (nSPS) is 20.9. The second-order valence-corrected chi connectivity index (χ2v) is 4.31. The number of nitrogens with zero attached hydrogens (tertiary/aromatic N) is 1. The number of nitrogens with one attached hydrogen (secondary N) is 1. The van der Waals surface area contributed by atoms with E-state index in [1.807, 2.05) is 12.1 Å². The van der Waals surface area contributed by atoms with Crippen molar-refractivity contribution >= 4 is 11.6 Å². The van der Waals surface area contributed by atoms with E-state index in [4.69, 9.17) is 5.73 Å². The van der Waals surface area contributed by atoms with Gasteiger partial charge in [0, 0.05) is 18.3 Å². The third-order valence-corrected chi connectivity index (χ3v) is 2.93. The smallest absolute Gasteiger partial charge is 0.253 e. The molecule has 0 bridgehead atoms. The predicted octanol–water partition coefficient (Wildman–Crippen LogP) is 0.703. The zero-order valence-electron chi connectivity index (χ0n) is 9.44. The van der Waals surface area contributed by atoms with Crippen LogP contribution in [0.5, 0.6) is 0 Å². The first-order valence-electron chi connectivity index (χ1n) is 5.50. The molecule has 1 saturated heterocycles. The fraction of sp³-hybridized carbons (Fsp3) is 0.417. The van der Waals surface area contributed by atoms with Gasteiger partial charge >= 0.3 is 0 Å². The van der Waals surface area contributed by atoms with E-state index in [1.165, 1.54) is 0 Å². The van der Waals surface area contributed by atoms with Crippen molar-refractivity contribution < 1.29 is 4.79 Å². The van der Waals surface area contributed by atoms with Crippen molar-refractivity contribution in [2.75, 3.05) is 25.9 Å². The Kier molecular flexibility index (Phi) is 3.10. The first kappa shape index (κ1) is 11.0. The monoisotopic (exact) mass is 219 g/mol. The Morgan fingerprint density at radius 2 is 2.25 bits per heavy atom. The van der Waals surface area contributed by atoms with Crippen LogP contribution in [0.1, 0.15) is 16.8 Å². The van der Waals surface area contributed by atoms with Crippen LogP contribution in [0.2, 0.25) is 0 Å². The summed E-state index contributed by atoms with van der Waals surface area (Å²) in [5.74, 6) is -0.0709. The third kappa shape index (κ3) is 2.33. The standard InChI is InChI=1S/C12H17N3O/c1-15-7-6-9(8-15)14-12(16)10-4-2-3-5-11(10)13/h2-5,9H,6-8,13H2,1H3,(H,14,16). The lowest BCUT2D eigenvalue weighted by molar-refractivity contribution is 0.0939.